The molecule has 2 aromatic carbocycles. The molecule has 2 rings (SSSR count). The third-order valence-corrected chi connectivity index (χ3v) is 4.28. The highest BCUT2D eigenvalue weighted by Gasteiger charge is 2.15. The number of nitrogens with one attached hydrogen (secondary N) is 2. The molecule has 0 aromatic heterocycles. The van der Waals surface area contributed by atoms with Gasteiger partial charge in [-0.15, -0.1) is 0 Å². The van der Waals surface area contributed by atoms with Gasteiger partial charge in [0.1, 0.15) is 0 Å². The van der Waals surface area contributed by atoms with Gasteiger partial charge in [0.05, 0.1) is 30.0 Å². The van der Waals surface area contributed by atoms with E-state index in [1.165, 1.54) is 0 Å². The summed E-state index contributed by atoms with van der Waals surface area (Å²) >= 11 is 12.2. The molecule has 0 saturated heterocycles. The third kappa shape index (κ3) is 5.13. The Hall–Kier alpha value is -2.24. The fourth-order valence-corrected chi connectivity index (χ4v) is 2.92. The average molecular weight is 395 g/mol. The monoisotopic (exact) mass is 394 g/mol. The van der Waals surface area contributed by atoms with Crippen LogP contribution in [0.25, 0.3) is 0 Å². The highest BCUT2D eigenvalue weighted by molar-refractivity contribution is 6.36. The minimum Gasteiger partial charge on any atom is -0.462 e. The number of rotatable bonds is 7. The number of esters is 1. The lowest BCUT2D eigenvalue weighted by Crippen LogP contribution is -2.17. The summed E-state index contributed by atoms with van der Waals surface area (Å²) in [6, 6.07) is 10.0. The van der Waals surface area contributed by atoms with Crippen LogP contribution in [-0.4, -0.2) is 25.0 Å². The van der Waals surface area contributed by atoms with E-state index in [2.05, 4.69) is 10.6 Å². The Labute approximate surface area is 162 Å². The predicted octanol–water partition coefficient (Wildman–Crippen LogP) is 4.78. The smallest absolute Gasteiger partial charge is 0.338 e. The van der Waals surface area contributed by atoms with E-state index >= 15 is 0 Å². The molecule has 0 radical (unpaired) electrons. The first-order valence-electron chi connectivity index (χ1n) is 8.24. The van der Waals surface area contributed by atoms with Crippen LogP contribution in [0.5, 0.6) is 0 Å². The standard InChI is InChI=1S/C19H20Cl2N2O3/c1-3-22-16-9-8-12(19(25)26-4-2)10-17(16)23-18(24)11-13-14(20)6-5-7-15(13)21/h5-10,22H,3-4,11H2,1-2H3,(H,23,24). The number of benzene rings is 2. The molecule has 2 aromatic rings. The maximum Gasteiger partial charge on any atom is 0.338 e. The van der Waals surface area contributed by atoms with Crippen LogP contribution < -0.4 is 10.6 Å². The fraction of sp³-hybridized carbons (Fsp3) is 0.263. The Kier molecular flexibility index (Phi) is 7.30. The maximum absolute atomic E-state index is 12.5. The van der Waals surface area contributed by atoms with Crippen LogP contribution in [0.4, 0.5) is 11.4 Å². The van der Waals surface area contributed by atoms with Crippen LogP contribution in [0.3, 0.4) is 0 Å². The van der Waals surface area contributed by atoms with Crippen molar-refractivity contribution in [2.75, 3.05) is 23.8 Å². The average Bonchev–Trinajstić information content (AvgIpc) is 2.60. The van der Waals surface area contributed by atoms with E-state index in [9.17, 15) is 9.59 Å². The minimum absolute atomic E-state index is 0.0215. The molecule has 0 heterocycles. The third-order valence-electron chi connectivity index (χ3n) is 3.57. The van der Waals surface area contributed by atoms with E-state index in [-0.39, 0.29) is 18.9 Å². The summed E-state index contributed by atoms with van der Waals surface area (Å²) in [6.07, 6.45) is 0.0215. The van der Waals surface area contributed by atoms with Gasteiger partial charge in [-0.2, -0.15) is 0 Å². The Balaban J connectivity index is 2.24. The summed E-state index contributed by atoms with van der Waals surface area (Å²) in [6.45, 7) is 4.62. The van der Waals surface area contributed by atoms with Crippen molar-refractivity contribution in [2.45, 2.75) is 20.3 Å². The number of hydrogen-bond acceptors (Lipinski definition) is 4. The van der Waals surface area contributed by atoms with Gasteiger partial charge in [-0.1, -0.05) is 29.3 Å². The number of carbonyl (C=O) groups excluding carboxylic acids is 2. The highest BCUT2D eigenvalue weighted by Crippen LogP contribution is 2.27. The second-order valence-corrected chi connectivity index (χ2v) is 6.25. The van der Waals surface area contributed by atoms with Gasteiger partial charge in [0, 0.05) is 16.6 Å². The van der Waals surface area contributed by atoms with Crippen molar-refractivity contribution in [3.8, 4) is 0 Å². The van der Waals surface area contributed by atoms with Crippen molar-refractivity contribution in [1.29, 1.82) is 0 Å². The van der Waals surface area contributed by atoms with Crippen molar-refractivity contribution in [3.63, 3.8) is 0 Å². The van der Waals surface area contributed by atoms with Crippen molar-refractivity contribution in [3.05, 3.63) is 57.6 Å². The van der Waals surface area contributed by atoms with Gasteiger partial charge in [0.25, 0.3) is 0 Å². The van der Waals surface area contributed by atoms with Crippen molar-refractivity contribution < 1.29 is 14.3 Å². The normalized spacial score (nSPS) is 10.3. The first kappa shape index (κ1) is 20.1. The van der Waals surface area contributed by atoms with Crippen LogP contribution >= 0.6 is 23.2 Å². The van der Waals surface area contributed by atoms with Gasteiger partial charge < -0.3 is 15.4 Å². The molecule has 0 spiro atoms. The lowest BCUT2D eigenvalue weighted by atomic mass is 10.1. The molecule has 1 amide bonds. The summed E-state index contributed by atoms with van der Waals surface area (Å²) in [4.78, 5) is 24.4. The summed E-state index contributed by atoms with van der Waals surface area (Å²) in [5, 5.41) is 6.82. The van der Waals surface area contributed by atoms with Crippen LogP contribution in [0.1, 0.15) is 29.8 Å². The van der Waals surface area contributed by atoms with Gasteiger partial charge in [-0.25, -0.2) is 4.79 Å². The summed E-state index contributed by atoms with van der Waals surface area (Å²) in [5.74, 6) is -0.736. The van der Waals surface area contributed by atoms with Crippen LogP contribution in [0.15, 0.2) is 36.4 Å². The van der Waals surface area contributed by atoms with E-state index in [0.29, 0.717) is 39.1 Å². The molecular formula is C19H20Cl2N2O3. The topological polar surface area (TPSA) is 67.4 Å². The molecular weight excluding hydrogens is 375 g/mol. The quantitative estimate of drug-likeness (QED) is 0.662. The molecule has 0 aliphatic rings. The number of amides is 1. The molecule has 0 unspecified atom stereocenters. The summed E-state index contributed by atoms with van der Waals surface area (Å²) in [7, 11) is 0. The molecule has 0 fully saturated rings. The zero-order valence-corrected chi connectivity index (χ0v) is 16.1. The maximum atomic E-state index is 12.5. The zero-order chi connectivity index (χ0) is 19.1. The zero-order valence-electron chi connectivity index (χ0n) is 14.6. The minimum atomic E-state index is -0.444. The SMILES string of the molecule is CCNc1ccc(C(=O)OCC)cc1NC(=O)Cc1c(Cl)cccc1Cl. The number of ether oxygens (including phenoxy) is 1. The summed E-state index contributed by atoms with van der Waals surface area (Å²) < 4.78 is 5.01. The lowest BCUT2D eigenvalue weighted by molar-refractivity contribution is -0.115. The molecule has 0 aliphatic heterocycles. The molecule has 138 valence electrons. The van der Waals surface area contributed by atoms with E-state index in [1.807, 2.05) is 6.92 Å². The largest absolute Gasteiger partial charge is 0.462 e. The van der Waals surface area contributed by atoms with Crippen molar-refractivity contribution >= 4 is 46.5 Å². The highest BCUT2D eigenvalue weighted by atomic mass is 35.5. The summed E-state index contributed by atoms with van der Waals surface area (Å²) in [5.41, 5.74) is 2.11. The van der Waals surface area contributed by atoms with Crippen LogP contribution in [-0.2, 0) is 16.0 Å². The molecule has 0 saturated carbocycles. The molecule has 5 nitrogen and oxygen atoms in total. The van der Waals surface area contributed by atoms with Gasteiger partial charge in [0.15, 0.2) is 0 Å². The molecule has 0 aliphatic carbocycles. The molecule has 0 bridgehead atoms. The Morgan fingerprint density at radius 1 is 1.04 bits per heavy atom. The van der Waals surface area contributed by atoms with Gasteiger partial charge in [0.2, 0.25) is 5.91 Å². The Morgan fingerprint density at radius 3 is 2.35 bits per heavy atom. The number of halogens is 2. The molecule has 0 atom stereocenters. The first-order valence-corrected chi connectivity index (χ1v) is 8.99. The predicted molar refractivity (Wildman–Crippen MR) is 105 cm³/mol. The first-order chi connectivity index (χ1) is 12.5. The van der Waals surface area contributed by atoms with Crippen LogP contribution in [0, 0.1) is 0 Å². The van der Waals surface area contributed by atoms with Gasteiger partial charge >= 0.3 is 5.97 Å². The second kappa shape index (κ2) is 9.46. The van der Waals surface area contributed by atoms with E-state index in [1.54, 1.807) is 43.3 Å². The van der Waals surface area contributed by atoms with E-state index < -0.39 is 5.97 Å². The Morgan fingerprint density at radius 2 is 1.73 bits per heavy atom. The van der Waals surface area contributed by atoms with E-state index in [4.69, 9.17) is 27.9 Å². The van der Waals surface area contributed by atoms with Gasteiger partial charge in [-0.05, 0) is 49.7 Å². The fourth-order valence-electron chi connectivity index (χ4n) is 2.39. The van der Waals surface area contributed by atoms with Gasteiger partial charge in [-0.3, -0.25) is 4.79 Å². The molecule has 2 N–H and O–H groups in total. The number of hydrogen-bond donors (Lipinski definition) is 2. The van der Waals surface area contributed by atoms with Crippen molar-refractivity contribution in [1.82, 2.24) is 0 Å². The number of carbonyl (C=O) groups is 2. The second-order valence-electron chi connectivity index (χ2n) is 5.44. The van der Waals surface area contributed by atoms with Crippen LogP contribution in [0.2, 0.25) is 10.0 Å². The molecule has 7 heteroatoms. The lowest BCUT2D eigenvalue weighted by Gasteiger charge is -2.14. The Bertz CT molecular complexity index is 789. The molecule has 26 heavy (non-hydrogen) atoms. The van der Waals surface area contributed by atoms with E-state index in [0.717, 1.165) is 0 Å². The number of anilines is 2. The van der Waals surface area contributed by atoms with Crippen molar-refractivity contribution in [2.24, 2.45) is 0 Å².